The largest absolute Gasteiger partial charge is 0.497 e. The summed E-state index contributed by atoms with van der Waals surface area (Å²) in [5, 5.41) is 3.12. The molecule has 1 N–H and O–H groups in total. The number of alkyl halides is 1. The standard InChI is InChI=1S/C13H18FNO/c1-16-12-5-3-11(4-6-12)9-13(14)7-2-8-15-10-13/h3-6,15H,2,7-10H2,1H3. The molecule has 1 saturated heterocycles. The summed E-state index contributed by atoms with van der Waals surface area (Å²) in [5.74, 6) is 0.818. The van der Waals surface area contributed by atoms with E-state index < -0.39 is 5.67 Å². The Kier molecular flexibility index (Phi) is 3.44. The summed E-state index contributed by atoms with van der Waals surface area (Å²) in [6.45, 7) is 1.41. The van der Waals surface area contributed by atoms with E-state index in [4.69, 9.17) is 4.74 Å². The van der Waals surface area contributed by atoms with Crippen LogP contribution in [0.15, 0.2) is 24.3 Å². The molecule has 0 spiro atoms. The first-order valence-corrected chi connectivity index (χ1v) is 5.74. The predicted molar refractivity (Wildman–Crippen MR) is 62.6 cm³/mol. The highest BCUT2D eigenvalue weighted by Gasteiger charge is 2.31. The number of rotatable bonds is 3. The fraction of sp³-hybridized carbons (Fsp3) is 0.538. The van der Waals surface area contributed by atoms with Gasteiger partial charge in [0.15, 0.2) is 0 Å². The summed E-state index contributed by atoms with van der Waals surface area (Å²) in [7, 11) is 1.64. The van der Waals surface area contributed by atoms with Crippen LogP contribution in [-0.4, -0.2) is 25.9 Å². The maximum atomic E-state index is 14.3. The first-order chi connectivity index (χ1) is 7.72. The lowest BCUT2D eigenvalue weighted by atomic mass is 9.89. The van der Waals surface area contributed by atoms with Gasteiger partial charge in [-0.25, -0.2) is 4.39 Å². The molecule has 88 valence electrons. The quantitative estimate of drug-likeness (QED) is 0.849. The number of benzene rings is 1. The normalized spacial score (nSPS) is 25.4. The van der Waals surface area contributed by atoms with Crippen molar-refractivity contribution in [3.05, 3.63) is 29.8 Å². The fourth-order valence-corrected chi connectivity index (χ4v) is 2.19. The third kappa shape index (κ3) is 2.73. The lowest BCUT2D eigenvalue weighted by Crippen LogP contribution is -2.43. The maximum absolute atomic E-state index is 14.3. The van der Waals surface area contributed by atoms with Crippen LogP contribution in [0.4, 0.5) is 4.39 Å². The lowest BCUT2D eigenvalue weighted by molar-refractivity contribution is 0.122. The Balaban J connectivity index is 2.01. The fourth-order valence-electron chi connectivity index (χ4n) is 2.19. The highest BCUT2D eigenvalue weighted by atomic mass is 19.1. The van der Waals surface area contributed by atoms with E-state index in [1.165, 1.54) is 0 Å². The van der Waals surface area contributed by atoms with Crippen molar-refractivity contribution in [3.63, 3.8) is 0 Å². The summed E-state index contributed by atoms with van der Waals surface area (Å²) in [5.41, 5.74) is -0.0423. The van der Waals surface area contributed by atoms with Crippen molar-refractivity contribution < 1.29 is 9.13 Å². The number of ether oxygens (including phenoxy) is 1. The molecule has 16 heavy (non-hydrogen) atoms. The summed E-state index contributed by atoms with van der Waals surface area (Å²) >= 11 is 0. The molecule has 0 amide bonds. The second kappa shape index (κ2) is 4.83. The Labute approximate surface area is 95.8 Å². The average Bonchev–Trinajstić information content (AvgIpc) is 2.30. The summed E-state index contributed by atoms with van der Waals surface area (Å²) in [4.78, 5) is 0. The second-order valence-corrected chi connectivity index (χ2v) is 4.46. The number of piperidine rings is 1. The van der Waals surface area contributed by atoms with Gasteiger partial charge in [0.1, 0.15) is 11.4 Å². The van der Waals surface area contributed by atoms with Gasteiger partial charge in [-0.15, -0.1) is 0 Å². The van der Waals surface area contributed by atoms with Gasteiger partial charge in [-0.1, -0.05) is 12.1 Å². The Hall–Kier alpha value is -1.09. The van der Waals surface area contributed by atoms with Crippen LogP contribution >= 0.6 is 0 Å². The predicted octanol–water partition coefficient (Wildman–Crippen LogP) is 2.33. The van der Waals surface area contributed by atoms with Gasteiger partial charge in [0.25, 0.3) is 0 Å². The zero-order chi connectivity index (χ0) is 11.4. The molecule has 2 rings (SSSR count). The van der Waals surface area contributed by atoms with E-state index >= 15 is 0 Å². The molecular formula is C13H18FNO. The monoisotopic (exact) mass is 223 g/mol. The number of hydrogen-bond acceptors (Lipinski definition) is 2. The maximum Gasteiger partial charge on any atom is 0.127 e. The van der Waals surface area contributed by atoms with Crippen molar-refractivity contribution >= 4 is 0 Å². The van der Waals surface area contributed by atoms with Gasteiger partial charge in [-0.2, -0.15) is 0 Å². The van der Waals surface area contributed by atoms with Gasteiger partial charge in [-0.05, 0) is 37.1 Å². The molecule has 1 aliphatic rings. The number of hydrogen-bond donors (Lipinski definition) is 1. The molecular weight excluding hydrogens is 205 g/mol. The van der Waals surface area contributed by atoms with Crippen LogP contribution in [0.1, 0.15) is 18.4 Å². The number of methoxy groups -OCH3 is 1. The Morgan fingerprint density at radius 3 is 2.69 bits per heavy atom. The Bertz CT molecular complexity index is 330. The van der Waals surface area contributed by atoms with E-state index in [9.17, 15) is 4.39 Å². The molecule has 1 aromatic rings. The zero-order valence-electron chi connectivity index (χ0n) is 9.63. The van der Waals surface area contributed by atoms with E-state index in [0.29, 0.717) is 19.4 Å². The van der Waals surface area contributed by atoms with Gasteiger partial charge in [-0.3, -0.25) is 0 Å². The zero-order valence-corrected chi connectivity index (χ0v) is 9.63. The minimum Gasteiger partial charge on any atom is -0.497 e. The first-order valence-electron chi connectivity index (χ1n) is 5.74. The van der Waals surface area contributed by atoms with Gasteiger partial charge in [0.2, 0.25) is 0 Å². The molecule has 1 unspecified atom stereocenters. The van der Waals surface area contributed by atoms with E-state index in [-0.39, 0.29) is 0 Å². The number of halogens is 1. The average molecular weight is 223 g/mol. The van der Waals surface area contributed by atoms with Crippen molar-refractivity contribution in [2.75, 3.05) is 20.2 Å². The van der Waals surface area contributed by atoms with E-state index in [1.54, 1.807) is 7.11 Å². The Morgan fingerprint density at radius 2 is 2.12 bits per heavy atom. The third-order valence-corrected chi connectivity index (χ3v) is 3.10. The van der Waals surface area contributed by atoms with Gasteiger partial charge in [0.05, 0.1) is 7.11 Å². The minimum atomic E-state index is -1.08. The van der Waals surface area contributed by atoms with Crippen LogP contribution < -0.4 is 10.1 Å². The molecule has 1 atom stereocenters. The highest BCUT2D eigenvalue weighted by molar-refractivity contribution is 5.28. The third-order valence-electron chi connectivity index (χ3n) is 3.10. The molecule has 0 radical (unpaired) electrons. The van der Waals surface area contributed by atoms with Crippen LogP contribution in [0, 0.1) is 0 Å². The summed E-state index contributed by atoms with van der Waals surface area (Å²) in [6, 6.07) is 7.65. The Morgan fingerprint density at radius 1 is 1.38 bits per heavy atom. The van der Waals surface area contributed by atoms with Crippen LogP contribution in [0.3, 0.4) is 0 Å². The molecule has 1 aliphatic heterocycles. The highest BCUT2D eigenvalue weighted by Crippen LogP contribution is 2.26. The summed E-state index contributed by atoms with van der Waals surface area (Å²) < 4.78 is 19.4. The van der Waals surface area contributed by atoms with Crippen LogP contribution in [0.2, 0.25) is 0 Å². The van der Waals surface area contributed by atoms with Crippen molar-refractivity contribution in [1.29, 1.82) is 0 Å². The SMILES string of the molecule is COc1ccc(CC2(F)CCCNC2)cc1. The molecule has 0 aromatic heterocycles. The molecule has 3 heteroatoms. The molecule has 1 heterocycles. The van der Waals surface area contributed by atoms with Crippen molar-refractivity contribution in [1.82, 2.24) is 5.32 Å². The second-order valence-electron chi connectivity index (χ2n) is 4.46. The first kappa shape index (κ1) is 11.4. The molecule has 0 bridgehead atoms. The number of nitrogens with one attached hydrogen (secondary N) is 1. The molecule has 1 aromatic carbocycles. The van der Waals surface area contributed by atoms with E-state index in [0.717, 1.165) is 24.3 Å². The van der Waals surface area contributed by atoms with Gasteiger partial charge < -0.3 is 10.1 Å². The van der Waals surface area contributed by atoms with Crippen molar-refractivity contribution in [2.45, 2.75) is 24.9 Å². The van der Waals surface area contributed by atoms with Crippen LogP contribution in [-0.2, 0) is 6.42 Å². The van der Waals surface area contributed by atoms with Gasteiger partial charge >= 0.3 is 0 Å². The summed E-state index contributed by atoms with van der Waals surface area (Å²) in [6.07, 6.45) is 2.07. The van der Waals surface area contributed by atoms with Gasteiger partial charge in [0, 0.05) is 13.0 Å². The van der Waals surface area contributed by atoms with Crippen LogP contribution in [0.25, 0.3) is 0 Å². The molecule has 2 nitrogen and oxygen atoms in total. The minimum absolute atomic E-state index is 0.471. The van der Waals surface area contributed by atoms with E-state index in [2.05, 4.69) is 5.32 Å². The molecule has 0 saturated carbocycles. The van der Waals surface area contributed by atoms with E-state index in [1.807, 2.05) is 24.3 Å². The lowest BCUT2D eigenvalue weighted by Gasteiger charge is -2.30. The van der Waals surface area contributed by atoms with Crippen LogP contribution in [0.5, 0.6) is 5.75 Å². The van der Waals surface area contributed by atoms with Crippen molar-refractivity contribution in [2.24, 2.45) is 0 Å². The molecule has 1 fully saturated rings. The topological polar surface area (TPSA) is 21.3 Å². The smallest absolute Gasteiger partial charge is 0.127 e. The van der Waals surface area contributed by atoms with Crippen molar-refractivity contribution in [3.8, 4) is 5.75 Å². The molecule has 0 aliphatic carbocycles.